The summed E-state index contributed by atoms with van der Waals surface area (Å²) in [6, 6.07) is 0.345. The van der Waals surface area contributed by atoms with Gasteiger partial charge in [-0.2, -0.15) is 0 Å². The molecule has 3 nitrogen and oxygen atoms in total. The van der Waals surface area contributed by atoms with Gasteiger partial charge in [0.25, 0.3) is 0 Å². The highest BCUT2D eigenvalue weighted by Gasteiger charge is 2.40. The molecule has 0 aromatic rings. The van der Waals surface area contributed by atoms with Crippen LogP contribution in [0, 0.1) is 5.92 Å². The van der Waals surface area contributed by atoms with E-state index in [0.29, 0.717) is 6.04 Å². The molecule has 1 aliphatic carbocycles. The average molecular weight is 183 g/mol. The molecule has 2 rings (SSSR count). The Kier molecular flexibility index (Phi) is 2.18. The fourth-order valence-corrected chi connectivity index (χ4v) is 2.36. The van der Waals surface area contributed by atoms with Gasteiger partial charge in [-0.15, -0.1) is 0 Å². The predicted molar refractivity (Wildman–Crippen MR) is 49.5 cm³/mol. The molecular formula is C10H17NO2. The van der Waals surface area contributed by atoms with Gasteiger partial charge in [0.2, 0.25) is 0 Å². The van der Waals surface area contributed by atoms with Gasteiger partial charge in [-0.05, 0) is 31.6 Å². The molecule has 1 amide bonds. The Morgan fingerprint density at radius 3 is 2.77 bits per heavy atom. The van der Waals surface area contributed by atoms with E-state index in [0.717, 1.165) is 18.8 Å². The maximum absolute atomic E-state index is 11.2. The molecule has 0 aromatic carbocycles. The van der Waals surface area contributed by atoms with Crippen molar-refractivity contribution in [3.05, 3.63) is 0 Å². The summed E-state index contributed by atoms with van der Waals surface area (Å²) in [7, 11) is 1.85. The van der Waals surface area contributed by atoms with Crippen molar-refractivity contribution in [2.45, 2.75) is 44.8 Å². The van der Waals surface area contributed by atoms with Crippen LogP contribution in [0.5, 0.6) is 0 Å². The van der Waals surface area contributed by atoms with E-state index in [2.05, 4.69) is 6.92 Å². The van der Waals surface area contributed by atoms with E-state index in [4.69, 9.17) is 4.74 Å². The van der Waals surface area contributed by atoms with E-state index in [9.17, 15) is 4.79 Å². The molecule has 0 spiro atoms. The van der Waals surface area contributed by atoms with Crippen LogP contribution < -0.4 is 0 Å². The first kappa shape index (κ1) is 8.85. The Morgan fingerprint density at radius 1 is 1.31 bits per heavy atom. The molecule has 3 unspecified atom stereocenters. The number of nitrogens with zero attached hydrogens (tertiary/aromatic N) is 1. The predicted octanol–water partition coefficient (Wildman–Crippen LogP) is 2.02. The number of rotatable bonds is 0. The van der Waals surface area contributed by atoms with Crippen LogP contribution in [0.15, 0.2) is 0 Å². The minimum atomic E-state index is -0.135. The summed E-state index contributed by atoms with van der Waals surface area (Å²) in [6.07, 6.45) is 4.60. The summed E-state index contributed by atoms with van der Waals surface area (Å²) >= 11 is 0. The summed E-state index contributed by atoms with van der Waals surface area (Å²) in [5.41, 5.74) is 0. The highest BCUT2D eigenvalue weighted by molar-refractivity contribution is 5.70. The van der Waals surface area contributed by atoms with E-state index in [1.165, 1.54) is 12.8 Å². The lowest BCUT2D eigenvalue weighted by Gasteiger charge is -2.18. The Morgan fingerprint density at radius 2 is 2.00 bits per heavy atom. The number of amides is 1. The first-order valence-corrected chi connectivity index (χ1v) is 5.12. The molecule has 1 saturated carbocycles. The second-order valence-electron chi connectivity index (χ2n) is 4.36. The van der Waals surface area contributed by atoms with Crippen LogP contribution >= 0.6 is 0 Å². The van der Waals surface area contributed by atoms with Gasteiger partial charge in [-0.3, -0.25) is 0 Å². The monoisotopic (exact) mass is 183 g/mol. The van der Waals surface area contributed by atoms with Crippen molar-refractivity contribution >= 4 is 6.09 Å². The molecule has 0 bridgehead atoms. The Balaban J connectivity index is 2.07. The SMILES string of the molecule is CC1CCC2OC(=O)N(C)C2CC1. The van der Waals surface area contributed by atoms with E-state index >= 15 is 0 Å². The summed E-state index contributed by atoms with van der Waals surface area (Å²) in [5, 5.41) is 0. The van der Waals surface area contributed by atoms with E-state index in [-0.39, 0.29) is 12.2 Å². The number of carbonyl (C=O) groups is 1. The summed E-state index contributed by atoms with van der Waals surface area (Å²) in [5.74, 6) is 0.790. The minimum absolute atomic E-state index is 0.135. The quantitative estimate of drug-likeness (QED) is 0.575. The van der Waals surface area contributed by atoms with E-state index < -0.39 is 0 Å². The molecule has 3 atom stereocenters. The van der Waals surface area contributed by atoms with Crippen molar-refractivity contribution in [2.24, 2.45) is 5.92 Å². The van der Waals surface area contributed by atoms with Gasteiger partial charge in [-0.1, -0.05) is 6.92 Å². The topological polar surface area (TPSA) is 29.5 Å². The molecule has 1 heterocycles. The van der Waals surface area contributed by atoms with Crippen LogP contribution in [0.2, 0.25) is 0 Å². The fraction of sp³-hybridized carbons (Fsp3) is 0.900. The third kappa shape index (κ3) is 1.52. The van der Waals surface area contributed by atoms with Crippen molar-refractivity contribution < 1.29 is 9.53 Å². The highest BCUT2D eigenvalue weighted by Crippen LogP contribution is 2.31. The second kappa shape index (κ2) is 3.20. The number of carbonyl (C=O) groups excluding carboxylic acids is 1. The standard InChI is InChI=1S/C10H17NO2/c1-7-3-5-8-9(6-4-7)13-10(12)11(8)2/h7-9H,3-6H2,1-2H3. The lowest BCUT2D eigenvalue weighted by atomic mass is 10.0. The lowest BCUT2D eigenvalue weighted by molar-refractivity contribution is 0.125. The molecular weight excluding hydrogens is 166 g/mol. The van der Waals surface area contributed by atoms with Crippen molar-refractivity contribution in [3.8, 4) is 0 Å². The lowest BCUT2D eigenvalue weighted by Crippen LogP contribution is -2.32. The second-order valence-corrected chi connectivity index (χ2v) is 4.36. The van der Waals surface area contributed by atoms with Gasteiger partial charge in [0, 0.05) is 7.05 Å². The number of hydrogen-bond donors (Lipinski definition) is 0. The first-order chi connectivity index (χ1) is 6.18. The van der Waals surface area contributed by atoms with Gasteiger partial charge in [-0.25, -0.2) is 4.79 Å². The summed E-state index contributed by atoms with van der Waals surface area (Å²) in [6.45, 7) is 2.28. The third-order valence-electron chi connectivity index (χ3n) is 3.37. The van der Waals surface area contributed by atoms with Crippen LogP contribution in [0.4, 0.5) is 4.79 Å². The molecule has 1 saturated heterocycles. The van der Waals surface area contributed by atoms with Gasteiger partial charge < -0.3 is 9.64 Å². The molecule has 0 aromatic heterocycles. The van der Waals surface area contributed by atoms with Gasteiger partial charge >= 0.3 is 6.09 Å². The highest BCUT2D eigenvalue weighted by atomic mass is 16.6. The van der Waals surface area contributed by atoms with Gasteiger partial charge in [0.1, 0.15) is 6.10 Å². The first-order valence-electron chi connectivity index (χ1n) is 5.12. The van der Waals surface area contributed by atoms with Crippen molar-refractivity contribution in [1.29, 1.82) is 0 Å². The zero-order valence-corrected chi connectivity index (χ0v) is 8.32. The maximum Gasteiger partial charge on any atom is 0.410 e. The zero-order chi connectivity index (χ0) is 9.42. The van der Waals surface area contributed by atoms with Crippen LogP contribution in [0.25, 0.3) is 0 Å². The normalized spacial score (nSPS) is 39.7. The van der Waals surface area contributed by atoms with Crippen molar-refractivity contribution in [2.75, 3.05) is 7.05 Å². The molecule has 2 aliphatic rings. The molecule has 1 aliphatic heterocycles. The van der Waals surface area contributed by atoms with E-state index in [1.807, 2.05) is 7.05 Å². The number of hydrogen-bond acceptors (Lipinski definition) is 2. The molecule has 3 heteroatoms. The molecule has 0 N–H and O–H groups in total. The third-order valence-corrected chi connectivity index (χ3v) is 3.37. The summed E-state index contributed by atoms with van der Waals surface area (Å²) < 4.78 is 5.29. The Bertz CT molecular complexity index is 217. The average Bonchev–Trinajstić information content (AvgIpc) is 2.28. The molecule has 0 radical (unpaired) electrons. The fourth-order valence-electron chi connectivity index (χ4n) is 2.36. The molecule has 74 valence electrons. The zero-order valence-electron chi connectivity index (χ0n) is 8.32. The van der Waals surface area contributed by atoms with E-state index in [1.54, 1.807) is 4.90 Å². The molecule has 13 heavy (non-hydrogen) atoms. The van der Waals surface area contributed by atoms with Gasteiger partial charge in [0.05, 0.1) is 6.04 Å². The van der Waals surface area contributed by atoms with Crippen LogP contribution in [0.3, 0.4) is 0 Å². The van der Waals surface area contributed by atoms with Gasteiger partial charge in [0.15, 0.2) is 0 Å². The number of likely N-dealkylation sites (N-methyl/N-ethyl adjacent to an activating group) is 1. The largest absolute Gasteiger partial charge is 0.444 e. The van der Waals surface area contributed by atoms with Crippen LogP contribution in [-0.2, 0) is 4.74 Å². The van der Waals surface area contributed by atoms with Crippen LogP contribution in [-0.4, -0.2) is 30.2 Å². The van der Waals surface area contributed by atoms with Crippen molar-refractivity contribution in [1.82, 2.24) is 4.90 Å². The number of fused-ring (bicyclic) bond motifs is 1. The minimum Gasteiger partial charge on any atom is -0.444 e. The smallest absolute Gasteiger partial charge is 0.410 e. The van der Waals surface area contributed by atoms with Crippen LogP contribution in [0.1, 0.15) is 32.6 Å². The summed E-state index contributed by atoms with van der Waals surface area (Å²) in [4.78, 5) is 13.0. The maximum atomic E-state index is 11.2. The van der Waals surface area contributed by atoms with Crippen molar-refractivity contribution in [3.63, 3.8) is 0 Å². The molecule has 2 fully saturated rings. The Labute approximate surface area is 79.0 Å². The Hall–Kier alpha value is -0.730. The number of ether oxygens (including phenoxy) is 1.